The number of halogens is 2. The van der Waals surface area contributed by atoms with Crippen molar-refractivity contribution in [2.45, 2.75) is 6.92 Å². The summed E-state index contributed by atoms with van der Waals surface area (Å²) in [4.78, 5) is 11.1. The molecular formula is C14H10BrFO3. The molecule has 0 aliphatic carbocycles. The van der Waals surface area contributed by atoms with E-state index >= 15 is 0 Å². The van der Waals surface area contributed by atoms with Crippen LogP contribution in [0.25, 0.3) is 0 Å². The van der Waals surface area contributed by atoms with Crippen molar-refractivity contribution in [3.8, 4) is 11.5 Å². The lowest BCUT2D eigenvalue weighted by atomic mass is 10.1. The van der Waals surface area contributed by atoms with Gasteiger partial charge in [-0.3, -0.25) is 0 Å². The number of para-hydroxylation sites is 1. The fourth-order valence-electron chi connectivity index (χ4n) is 1.66. The van der Waals surface area contributed by atoms with E-state index in [0.29, 0.717) is 10.0 Å². The summed E-state index contributed by atoms with van der Waals surface area (Å²) in [5.41, 5.74) is 0.709. The first-order valence-corrected chi connectivity index (χ1v) is 6.23. The number of hydrogen-bond donors (Lipinski definition) is 1. The first kappa shape index (κ1) is 13.5. The Morgan fingerprint density at radius 2 is 2.05 bits per heavy atom. The van der Waals surface area contributed by atoms with Crippen LogP contribution in [0.15, 0.2) is 40.9 Å². The second-order valence-electron chi connectivity index (χ2n) is 3.96. The van der Waals surface area contributed by atoms with Crippen molar-refractivity contribution in [3.63, 3.8) is 0 Å². The molecule has 0 radical (unpaired) electrons. The lowest BCUT2D eigenvalue weighted by Gasteiger charge is -2.11. The fraction of sp³-hybridized carbons (Fsp3) is 0.0714. The zero-order valence-corrected chi connectivity index (χ0v) is 11.6. The molecule has 0 aliphatic rings. The number of carboxylic acids is 1. The van der Waals surface area contributed by atoms with Crippen molar-refractivity contribution >= 4 is 21.9 Å². The lowest BCUT2D eigenvalue weighted by Crippen LogP contribution is -2.01. The monoisotopic (exact) mass is 324 g/mol. The summed E-state index contributed by atoms with van der Waals surface area (Å²) in [7, 11) is 0. The summed E-state index contributed by atoms with van der Waals surface area (Å²) in [5, 5.41) is 9.11. The van der Waals surface area contributed by atoms with Crippen molar-refractivity contribution in [2.24, 2.45) is 0 Å². The molecule has 0 atom stereocenters. The molecule has 0 aromatic heterocycles. The van der Waals surface area contributed by atoms with Gasteiger partial charge in [0.1, 0.15) is 22.9 Å². The molecule has 0 saturated carbocycles. The predicted molar refractivity (Wildman–Crippen MR) is 72.3 cm³/mol. The number of carbonyl (C=O) groups is 1. The number of carboxylic acid groups (broad SMARTS) is 1. The third-order valence-electron chi connectivity index (χ3n) is 2.50. The first-order valence-electron chi connectivity index (χ1n) is 5.44. The van der Waals surface area contributed by atoms with Crippen LogP contribution in [0.4, 0.5) is 4.39 Å². The van der Waals surface area contributed by atoms with Crippen LogP contribution in [0.1, 0.15) is 15.9 Å². The number of aromatic carboxylic acids is 1. The minimum Gasteiger partial charge on any atom is -0.478 e. The van der Waals surface area contributed by atoms with Crippen LogP contribution in [0, 0.1) is 12.7 Å². The van der Waals surface area contributed by atoms with Crippen LogP contribution in [0.5, 0.6) is 11.5 Å². The molecule has 3 nitrogen and oxygen atoms in total. The lowest BCUT2D eigenvalue weighted by molar-refractivity contribution is 0.0694. The Balaban J connectivity index is 2.45. The number of ether oxygens (including phenoxy) is 1. The zero-order valence-electron chi connectivity index (χ0n) is 9.98. The SMILES string of the molecule is Cc1cccc(C(=O)O)c1Oc1cc(F)cc(Br)c1. The Bertz CT molecular complexity index is 620. The van der Waals surface area contributed by atoms with Gasteiger partial charge in [-0.1, -0.05) is 28.1 Å². The summed E-state index contributed by atoms with van der Waals surface area (Å²) in [6, 6.07) is 8.87. The van der Waals surface area contributed by atoms with Crippen molar-refractivity contribution in [1.29, 1.82) is 0 Å². The zero-order chi connectivity index (χ0) is 14.0. The van der Waals surface area contributed by atoms with E-state index in [1.165, 1.54) is 18.2 Å². The van der Waals surface area contributed by atoms with E-state index in [1.807, 2.05) is 0 Å². The minimum absolute atomic E-state index is 0.0420. The number of benzene rings is 2. The van der Waals surface area contributed by atoms with E-state index in [0.717, 1.165) is 0 Å². The third-order valence-corrected chi connectivity index (χ3v) is 2.96. The van der Waals surface area contributed by atoms with Gasteiger partial charge in [-0.25, -0.2) is 9.18 Å². The van der Waals surface area contributed by atoms with Gasteiger partial charge in [0.25, 0.3) is 0 Å². The van der Waals surface area contributed by atoms with E-state index in [1.54, 1.807) is 25.1 Å². The largest absolute Gasteiger partial charge is 0.478 e. The molecule has 1 N–H and O–H groups in total. The Labute approximate surface area is 117 Å². The maximum absolute atomic E-state index is 13.3. The van der Waals surface area contributed by atoms with E-state index in [-0.39, 0.29) is 17.1 Å². The van der Waals surface area contributed by atoms with Gasteiger partial charge in [0.15, 0.2) is 0 Å². The van der Waals surface area contributed by atoms with E-state index in [4.69, 9.17) is 9.84 Å². The molecule has 0 aliphatic heterocycles. The minimum atomic E-state index is -1.09. The molecule has 98 valence electrons. The molecular weight excluding hydrogens is 315 g/mol. The molecule has 2 aromatic rings. The molecule has 0 saturated heterocycles. The highest BCUT2D eigenvalue weighted by Crippen LogP contribution is 2.31. The van der Waals surface area contributed by atoms with Gasteiger partial charge in [-0.05, 0) is 30.7 Å². The molecule has 2 aromatic carbocycles. The van der Waals surface area contributed by atoms with Crippen LogP contribution in [-0.4, -0.2) is 11.1 Å². The maximum atomic E-state index is 13.3. The Morgan fingerprint density at radius 3 is 2.68 bits per heavy atom. The predicted octanol–water partition coefficient (Wildman–Crippen LogP) is 4.39. The van der Waals surface area contributed by atoms with Crippen molar-refractivity contribution in [2.75, 3.05) is 0 Å². The maximum Gasteiger partial charge on any atom is 0.339 e. The first-order chi connectivity index (χ1) is 8.97. The highest BCUT2D eigenvalue weighted by atomic mass is 79.9. The molecule has 0 heterocycles. The fourth-order valence-corrected chi connectivity index (χ4v) is 2.11. The van der Waals surface area contributed by atoms with Crippen molar-refractivity contribution < 1.29 is 19.0 Å². The molecule has 0 fully saturated rings. The molecule has 5 heteroatoms. The highest BCUT2D eigenvalue weighted by Gasteiger charge is 2.14. The van der Waals surface area contributed by atoms with Crippen LogP contribution >= 0.6 is 15.9 Å². The number of hydrogen-bond acceptors (Lipinski definition) is 2. The van der Waals surface area contributed by atoms with Crippen LogP contribution < -0.4 is 4.74 Å². The Hall–Kier alpha value is -1.88. The smallest absolute Gasteiger partial charge is 0.339 e. The quantitative estimate of drug-likeness (QED) is 0.910. The molecule has 0 spiro atoms. The number of rotatable bonds is 3. The van der Waals surface area contributed by atoms with Gasteiger partial charge in [-0.15, -0.1) is 0 Å². The number of aryl methyl sites for hydroxylation is 1. The van der Waals surface area contributed by atoms with Gasteiger partial charge in [-0.2, -0.15) is 0 Å². The Kier molecular flexibility index (Phi) is 3.85. The van der Waals surface area contributed by atoms with Gasteiger partial charge in [0, 0.05) is 10.5 Å². The second-order valence-corrected chi connectivity index (χ2v) is 4.88. The molecule has 2 rings (SSSR count). The average molecular weight is 325 g/mol. The molecule has 0 unspecified atom stereocenters. The normalized spacial score (nSPS) is 10.3. The summed E-state index contributed by atoms with van der Waals surface area (Å²) in [6.45, 7) is 1.73. The average Bonchev–Trinajstić information content (AvgIpc) is 2.30. The van der Waals surface area contributed by atoms with E-state index in [2.05, 4.69) is 15.9 Å². The molecule has 19 heavy (non-hydrogen) atoms. The van der Waals surface area contributed by atoms with Gasteiger partial charge >= 0.3 is 5.97 Å². The Morgan fingerprint density at radius 1 is 1.32 bits per heavy atom. The summed E-state index contributed by atoms with van der Waals surface area (Å²) < 4.78 is 19.3. The van der Waals surface area contributed by atoms with Gasteiger partial charge < -0.3 is 9.84 Å². The second kappa shape index (κ2) is 5.40. The van der Waals surface area contributed by atoms with Gasteiger partial charge in [0.05, 0.1) is 0 Å². The van der Waals surface area contributed by atoms with E-state index < -0.39 is 11.8 Å². The van der Waals surface area contributed by atoms with Crippen molar-refractivity contribution in [1.82, 2.24) is 0 Å². The standard InChI is InChI=1S/C14H10BrFO3/c1-8-3-2-4-12(14(17)18)13(8)19-11-6-9(15)5-10(16)7-11/h2-7H,1H3,(H,17,18). The van der Waals surface area contributed by atoms with Crippen molar-refractivity contribution in [3.05, 3.63) is 57.8 Å². The van der Waals surface area contributed by atoms with Crippen LogP contribution in [0.2, 0.25) is 0 Å². The molecule has 0 amide bonds. The van der Waals surface area contributed by atoms with Crippen LogP contribution in [0.3, 0.4) is 0 Å². The third kappa shape index (κ3) is 3.12. The summed E-state index contributed by atoms with van der Waals surface area (Å²) in [5.74, 6) is -1.10. The summed E-state index contributed by atoms with van der Waals surface area (Å²) in [6.07, 6.45) is 0. The van der Waals surface area contributed by atoms with Gasteiger partial charge in [0.2, 0.25) is 0 Å². The highest BCUT2D eigenvalue weighted by molar-refractivity contribution is 9.10. The van der Waals surface area contributed by atoms with E-state index in [9.17, 15) is 9.18 Å². The molecule has 0 bridgehead atoms. The topological polar surface area (TPSA) is 46.5 Å². The summed E-state index contributed by atoms with van der Waals surface area (Å²) >= 11 is 3.16. The van der Waals surface area contributed by atoms with Crippen LogP contribution in [-0.2, 0) is 0 Å².